The van der Waals surface area contributed by atoms with Crippen LogP contribution in [-0.2, 0) is 30.8 Å². The number of hydrogen-bond acceptors (Lipinski definition) is 14. The summed E-state index contributed by atoms with van der Waals surface area (Å²) in [6.07, 6.45) is 0.930. The van der Waals surface area contributed by atoms with Gasteiger partial charge in [0.25, 0.3) is 12.9 Å². The van der Waals surface area contributed by atoms with Crippen LogP contribution in [0.5, 0.6) is 0 Å². The number of carbonyl (C=O) groups is 2. The topological polar surface area (TPSA) is 199 Å². The van der Waals surface area contributed by atoms with E-state index in [0.717, 1.165) is 36.8 Å². The highest BCUT2D eigenvalue weighted by Gasteiger charge is 2.52. The van der Waals surface area contributed by atoms with E-state index in [1.54, 1.807) is 11.6 Å². The van der Waals surface area contributed by atoms with Crippen LogP contribution in [0, 0.1) is 0 Å². The summed E-state index contributed by atoms with van der Waals surface area (Å²) in [6.45, 7) is 1.06. The molecule has 2 aromatic carbocycles. The van der Waals surface area contributed by atoms with Crippen LogP contribution < -0.4 is 16.4 Å². The average Bonchev–Trinajstić information content (AvgIpc) is 3.84. The van der Waals surface area contributed by atoms with Gasteiger partial charge in [0, 0.05) is 24.5 Å². The molecule has 16 nitrogen and oxygen atoms in total. The summed E-state index contributed by atoms with van der Waals surface area (Å²) in [4.78, 5) is 39.1. The Balaban J connectivity index is 1.27. The number of carbonyl (C=O) groups excluding carboxylic acids is 2. The molecule has 4 atom stereocenters. The zero-order valence-electron chi connectivity index (χ0n) is 26.8. The van der Waals surface area contributed by atoms with Crippen LogP contribution in [0.3, 0.4) is 0 Å². The largest absolute Gasteiger partial charge is 0.457 e. The zero-order chi connectivity index (χ0) is 33.7. The molecule has 1 saturated heterocycles. The van der Waals surface area contributed by atoms with Gasteiger partial charge in [-0.3, -0.25) is 14.2 Å². The number of aryl methyl sites for hydroxylation is 1. The van der Waals surface area contributed by atoms with Gasteiger partial charge in [-0.2, -0.15) is 14.8 Å². The first-order valence-electron chi connectivity index (χ1n) is 16.2. The lowest BCUT2D eigenvalue weighted by atomic mass is 9.91. The monoisotopic (exact) mass is 667 g/mol. The second-order valence-electron chi connectivity index (χ2n) is 12.2. The number of benzene rings is 2. The molecule has 0 radical (unpaired) electrons. The van der Waals surface area contributed by atoms with Crippen molar-refractivity contribution in [2.75, 3.05) is 17.2 Å². The second-order valence-corrected chi connectivity index (χ2v) is 12.2. The van der Waals surface area contributed by atoms with Crippen LogP contribution in [0.2, 0.25) is 0 Å². The summed E-state index contributed by atoms with van der Waals surface area (Å²) in [7, 11) is 1.60. The first kappa shape index (κ1) is 32.1. The minimum absolute atomic E-state index is 0.00997. The van der Waals surface area contributed by atoms with Gasteiger partial charge in [-0.15, -0.1) is 10.2 Å². The number of aromatic nitrogens is 8. The molecule has 1 saturated carbocycles. The van der Waals surface area contributed by atoms with E-state index in [2.05, 4.69) is 50.3 Å². The van der Waals surface area contributed by atoms with Crippen molar-refractivity contribution in [1.82, 2.24) is 39.7 Å². The van der Waals surface area contributed by atoms with Gasteiger partial charge in [-0.1, -0.05) is 60.7 Å². The molecule has 2 aliphatic rings. The molecule has 0 spiro atoms. The van der Waals surface area contributed by atoms with Crippen LogP contribution in [0.1, 0.15) is 60.9 Å². The maximum Gasteiger partial charge on any atom is 0.293 e. The van der Waals surface area contributed by atoms with Crippen molar-refractivity contribution in [2.24, 2.45) is 12.8 Å². The number of nitrogens with two attached hydrogens (primary N) is 1. The van der Waals surface area contributed by atoms with E-state index >= 15 is 0 Å². The number of fused-ring (bicyclic) bond motifs is 1. The smallest absolute Gasteiger partial charge is 0.293 e. The summed E-state index contributed by atoms with van der Waals surface area (Å²) in [6, 6.07) is 20.8. The lowest BCUT2D eigenvalue weighted by Crippen LogP contribution is -2.34. The molecular formula is C33H37N11O5. The summed E-state index contributed by atoms with van der Waals surface area (Å²) in [5, 5.41) is 19.2. The van der Waals surface area contributed by atoms with Gasteiger partial charge < -0.3 is 30.6 Å². The Hall–Kier alpha value is -5.48. The Morgan fingerprint density at radius 2 is 1.63 bits per heavy atom. The van der Waals surface area contributed by atoms with E-state index in [1.807, 2.05) is 36.4 Å². The Bertz CT molecular complexity index is 1820. The molecule has 4 heterocycles. The maximum atomic E-state index is 11.7. The van der Waals surface area contributed by atoms with Crippen LogP contribution in [0.15, 0.2) is 67.0 Å². The van der Waals surface area contributed by atoms with Crippen molar-refractivity contribution in [2.45, 2.75) is 68.2 Å². The van der Waals surface area contributed by atoms with Gasteiger partial charge >= 0.3 is 0 Å². The molecule has 7 rings (SSSR count). The normalized spacial score (nSPS) is 23.7. The van der Waals surface area contributed by atoms with E-state index in [4.69, 9.17) is 34.9 Å². The van der Waals surface area contributed by atoms with E-state index in [9.17, 15) is 9.59 Å². The van der Waals surface area contributed by atoms with E-state index in [-0.39, 0.29) is 36.8 Å². The molecular weight excluding hydrogens is 630 g/mol. The molecule has 3 aromatic heterocycles. The molecule has 0 unspecified atom stereocenters. The van der Waals surface area contributed by atoms with Gasteiger partial charge in [0.05, 0.1) is 13.4 Å². The van der Waals surface area contributed by atoms with Crippen molar-refractivity contribution in [1.29, 1.82) is 0 Å². The second kappa shape index (κ2) is 14.3. The summed E-state index contributed by atoms with van der Waals surface area (Å²) >= 11 is 0. The number of imidazole rings is 1. The molecule has 4 N–H and O–H groups in total. The molecule has 0 bridgehead atoms. The summed E-state index contributed by atoms with van der Waals surface area (Å²) in [5.74, 6) is 1.07. The lowest BCUT2D eigenvalue weighted by molar-refractivity contribution is -0.151. The van der Waals surface area contributed by atoms with Crippen molar-refractivity contribution in [3.05, 3.63) is 83.9 Å². The third-order valence-electron chi connectivity index (χ3n) is 9.07. The third-order valence-corrected chi connectivity index (χ3v) is 9.07. The number of hydrogen-bond donors (Lipinski definition) is 3. The number of ether oxygens (including phenoxy) is 3. The highest BCUT2D eigenvalue weighted by Crippen LogP contribution is 2.42. The predicted molar refractivity (Wildman–Crippen MR) is 176 cm³/mol. The highest BCUT2D eigenvalue weighted by molar-refractivity contribution is 5.84. The lowest BCUT2D eigenvalue weighted by Gasteiger charge is -2.27. The molecule has 5 aromatic rings. The first-order chi connectivity index (χ1) is 24.0. The minimum Gasteiger partial charge on any atom is -0.457 e. The number of nitrogens with zero attached hydrogens (tertiary/aromatic N) is 8. The number of anilines is 2. The first-order valence-corrected chi connectivity index (χ1v) is 16.2. The van der Waals surface area contributed by atoms with Crippen LogP contribution in [-0.4, -0.2) is 83.5 Å². The van der Waals surface area contributed by atoms with Crippen molar-refractivity contribution in [3.8, 4) is 0 Å². The van der Waals surface area contributed by atoms with Crippen LogP contribution in [0.4, 0.5) is 11.8 Å². The standard InChI is InChI=1S/C33H37N11O5/c1-43-41-30(40-42-43)27-26(47-18-45)28(48-19-46)32(49-27)44-17-36-25-29(38-33(39-31(25)44)37-23-14-12-22(34)13-15-23)35-16-24(20-8-4-2-5-9-20)21-10-6-3-7-11-21/h2-11,17-19,22-24,26-28,32H,12-16,34H2,1H3,(H2,35,37,38,39)/t22?,23?,26-,27+,28-,32-/m1/s1. The number of nitrogens with one attached hydrogen (secondary N) is 2. The van der Waals surface area contributed by atoms with Gasteiger partial charge in [0.2, 0.25) is 11.8 Å². The molecule has 1 aliphatic carbocycles. The zero-order valence-corrected chi connectivity index (χ0v) is 26.8. The highest BCUT2D eigenvalue weighted by atomic mass is 16.6. The minimum atomic E-state index is -1.09. The van der Waals surface area contributed by atoms with E-state index in [1.165, 1.54) is 11.1 Å². The molecule has 49 heavy (non-hydrogen) atoms. The van der Waals surface area contributed by atoms with Gasteiger partial charge in [-0.25, -0.2) is 4.98 Å². The third kappa shape index (κ3) is 6.77. The fourth-order valence-corrected chi connectivity index (χ4v) is 6.64. The fraction of sp³-hybridized carbons (Fsp3) is 0.394. The van der Waals surface area contributed by atoms with Crippen LogP contribution in [0.25, 0.3) is 11.2 Å². The fourth-order valence-electron chi connectivity index (χ4n) is 6.64. The Kier molecular flexibility index (Phi) is 9.38. The average molecular weight is 668 g/mol. The van der Waals surface area contributed by atoms with Crippen molar-refractivity contribution in [3.63, 3.8) is 0 Å². The molecule has 0 amide bonds. The SMILES string of the molecule is Cn1nnc([C@H]2O[C@@H](n3cnc4c(NCC(c5ccccc5)c5ccccc5)nc(NC5CCC(N)CC5)nc43)[C@H](OC=O)[C@@H]2OC=O)n1. The van der Waals surface area contributed by atoms with E-state index < -0.39 is 24.5 Å². The Morgan fingerprint density at radius 1 is 0.959 bits per heavy atom. The molecule has 2 fully saturated rings. The van der Waals surface area contributed by atoms with Gasteiger partial charge in [0.15, 0.2) is 41.5 Å². The summed E-state index contributed by atoms with van der Waals surface area (Å²) < 4.78 is 18.9. The maximum absolute atomic E-state index is 11.7. The Labute approximate surface area is 281 Å². The van der Waals surface area contributed by atoms with Crippen molar-refractivity contribution >= 4 is 35.9 Å². The van der Waals surface area contributed by atoms with Crippen molar-refractivity contribution < 1.29 is 23.8 Å². The van der Waals surface area contributed by atoms with E-state index in [0.29, 0.717) is 29.5 Å². The Morgan fingerprint density at radius 3 is 2.27 bits per heavy atom. The quantitative estimate of drug-likeness (QED) is 0.155. The predicted octanol–water partition coefficient (Wildman–Crippen LogP) is 2.63. The molecule has 16 heteroatoms. The van der Waals surface area contributed by atoms with Crippen LogP contribution >= 0.6 is 0 Å². The molecule has 1 aliphatic heterocycles. The number of rotatable bonds is 13. The molecule has 254 valence electrons. The summed E-state index contributed by atoms with van der Waals surface area (Å²) in [5.41, 5.74) is 9.35. The number of tetrazole rings is 1. The van der Waals surface area contributed by atoms with Gasteiger partial charge in [-0.05, 0) is 42.0 Å². The van der Waals surface area contributed by atoms with Gasteiger partial charge in [0.1, 0.15) is 0 Å².